The molecule has 1 fully saturated rings. The van der Waals surface area contributed by atoms with Gasteiger partial charge in [0.1, 0.15) is 0 Å². The van der Waals surface area contributed by atoms with Crippen molar-refractivity contribution in [1.29, 1.82) is 0 Å². The SMILES string of the molecule is CCC(CN)(COC)N1CCC(OC)CC1. The van der Waals surface area contributed by atoms with Crippen molar-refractivity contribution < 1.29 is 9.47 Å². The van der Waals surface area contributed by atoms with E-state index in [1.54, 1.807) is 14.2 Å². The number of nitrogens with zero attached hydrogens (tertiary/aromatic N) is 1. The molecule has 1 aliphatic rings. The maximum atomic E-state index is 5.95. The molecule has 1 heterocycles. The lowest BCUT2D eigenvalue weighted by Crippen LogP contribution is -2.59. The van der Waals surface area contributed by atoms with Gasteiger partial charge in [0.05, 0.1) is 18.2 Å². The van der Waals surface area contributed by atoms with Gasteiger partial charge >= 0.3 is 0 Å². The van der Waals surface area contributed by atoms with Gasteiger partial charge in [-0.1, -0.05) is 6.92 Å². The Morgan fingerprint density at radius 2 is 1.94 bits per heavy atom. The Morgan fingerprint density at radius 3 is 2.31 bits per heavy atom. The number of ether oxygens (including phenoxy) is 2. The first kappa shape index (κ1) is 13.9. The van der Waals surface area contributed by atoms with E-state index < -0.39 is 0 Å². The highest BCUT2D eigenvalue weighted by Gasteiger charge is 2.36. The summed E-state index contributed by atoms with van der Waals surface area (Å²) in [5.74, 6) is 0. The first-order valence-corrected chi connectivity index (χ1v) is 6.19. The molecule has 1 aliphatic heterocycles. The predicted molar refractivity (Wildman–Crippen MR) is 65.6 cm³/mol. The zero-order valence-electron chi connectivity index (χ0n) is 10.9. The summed E-state index contributed by atoms with van der Waals surface area (Å²) in [5, 5.41) is 0. The summed E-state index contributed by atoms with van der Waals surface area (Å²) in [6.45, 7) is 5.70. The molecular formula is C12H26N2O2. The highest BCUT2D eigenvalue weighted by molar-refractivity contribution is 4.93. The molecule has 1 rings (SSSR count). The molecule has 96 valence electrons. The van der Waals surface area contributed by atoms with Crippen molar-refractivity contribution in [1.82, 2.24) is 4.90 Å². The fourth-order valence-corrected chi connectivity index (χ4v) is 2.58. The summed E-state index contributed by atoms with van der Waals surface area (Å²) in [7, 11) is 3.55. The molecule has 1 atom stereocenters. The maximum absolute atomic E-state index is 5.95. The van der Waals surface area contributed by atoms with Crippen molar-refractivity contribution in [2.24, 2.45) is 5.73 Å². The van der Waals surface area contributed by atoms with Crippen molar-refractivity contribution >= 4 is 0 Å². The number of rotatable bonds is 6. The van der Waals surface area contributed by atoms with Crippen LogP contribution >= 0.6 is 0 Å². The predicted octanol–water partition coefficient (Wildman–Crippen LogP) is 0.851. The summed E-state index contributed by atoms with van der Waals surface area (Å²) in [5.41, 5.74) is 5.97. The largest absolute Gasteiger partial charge is 0.383 e. The highest BCUT2D eigenvalue weighted by atomic mass is 16.5. The molecule has 4 nitrogen and oxygen atoms in total. The third-order valence-corrected chi connectivity index (χ3v) is 3.90. The minimum absolute atomic E-state index is 0.0213. The van der Waals surface area contributed by atoms with Crippen LogP contribution in [0.2, 0.25) is 0 Å². The van der Waals surface area contributed by atoms with Gasteiger partial charge in [-0.05, 0) is 19.3 Å². The first-order valence-electron chi connectivity index (χ1n) is 6.19. The van der Waals surface area contributed by atoms with Crippen LogP contribution in [0.3, 0.4) is 0 Å². The highest BCUT2D eigenvalue weighted by Crippen LogP contribution is 2.25. The molecule has 1 saturated heterocycles. The van der Waals surface area contributed by atoms with Crippen molar-refractivity contribution in [3.63, 3.8) is 0 Å². The van der Waals surface area contributed by atoms with Gasteiger partial charge < -0.3 is 15.2 Å². The average molecular weight is 230 g/mol. The molecule has 16 heavy (non-hydrogen) atoms. The molecule has 0 aromatic heterocycles. The molecule has 0 aliphatic carbocycles. The normalized spacial score (nSPS) is 23.2. The third kappa shape index (κ3) is 2.94. The lowest BCUT2D eigenvalue weighted by atomic mass is 9.91. The number of likely N-dealkylation sites (tertiary alicyclic amines) is 1. The molecule has 1 unspecified atom stereocenters. The van der Waals surface area contributed by atoms with Crippen LogP contribution in [0.4, 0.5) is 0 Å². The second kappa shape index (κ2) is 6.55. The van der Waals surface area contributed by atoms with Gasteiger partial charge in [0, 0.05) is 33.9 Å². The van der Waals surface area contributed by atoms with Gasteiger partial charge in [-0.15, -0.1) is 0 Å². The van der Waals surface area contributed by atoms with Gasteiger partial charge in [-0.2, -0.15) is 0 Å². The molecule has 4 heteroatoms. The van der Waals surface area contributed by atoms with E-state index in [1.807, 2.05) is 0 Å². The molecule has 0 saturated carbocycles. The second-order valence-electron chi connectivity index (χ2n) is 4.64. The van der Waals surface area contributed by atoms with E-state index in [9.17, 15) is 0 Å². The van der Waals surface area contributed by atoms with Crippen molar-refractivity contribution in [2.45, 2.75) is 37.8 Å². The Balaban J connectivity index is 2.59. The molecule has 0 spiro atoms. The van der Waals surface area contributed by atoms with Gasteiger partial charge in [0.2, 0.25) is 0 Å². The number of nitrogens with two attached hydrogens (primary N) is 1. The summed E-state index contributed by atoms with van der Waals surface area (Å²) >= 11 is 0. The minimum atomic E-state index is 0.0213. The topological polar surface area (TPSA) is 47.7 Å². The molecule has 0 bridgehead atoms. The Kier molecular flexibility index (Phi) is 5.69. The van der Waals surface area contributed by atoms with E-state index in [-0.39, 0.29) is 5.54 Å². The fourth-order valence-electron chi connectivity index (χ4n) is 2.58. The first-order chi connectivity index (χ1) is 7.72. The molecular weight excluding hydrogens is 204 g/mol. The number of piperidine rings is 1. The van der Waals surface area contributed by atoms with Crippen LogP contribution in [0.1, 0.15) is 26.2 Å². The van der Waals surface area contributed by atoms with Crippen LogP contribution < -0.4 is 5.73 Å². The average Bonchev–Trinajstić information content (AvgIpc) is 2.36. The van der Waals surface area contributed by atoms with Crippen LogP contribution in [0, 0.1) is 0 Å². The second-order valence-corrected chi connectivity index (χ2v) is 4.64. The number of hydrogen-bond donors (Lipinski definition) is 1. The lowest BCUT2D eigenvalue weighted by molar-refractivity contribution is -0.0338. The van der Waals surface area contributed by atoms with Crippen molar-refractivity contribution in [3.8, 4) is 0 Å². The minimum Gasteiger partial charge on any atom is -0.383 e. The maximum Gasteiger partial charge on any atom is 0.0658 e. The Bertz CT molecular complexity index is 187. The zero-order valence-corrected chi connectivity index (χ0v) is 10.9. The third-order valence-electron chi connectivity index (χ3n) is 3.90. The van der Waals surface area contributed by atoms with Crippen LogP contribution in [-0.2, 0) is 9.47 Å². The lowest BCUT2D eigenvalue weighted by Gasteiger charge is -2.45. The van der Waals surface area contributed by atoms with Gasteiger partial charge in [0.15, 0.2) is 0 Å². The van der Waals surface area contributed by atoms with E-state index in [4.69, 9.17) is 15.2 Å². The van der Waals surface area contributed by atoms with E-state index in [0.29, 0.717) is 12.6 Å². The summed E-state index contributed by atoms with van der Waals surface area (Å²) in [4.78, 5) is 2.48. The Morgan fingerprint density at radius 1 is 1.31 bits per heavy atom. The van der Waals surface area contributed by atoms with Crippen LogP contribution in [0.5, 0.6) is 0 Å². The Labute approximate surface area is 99.1 Å². The van der Waals surface area contributed by atoms with Crippen molar-refractivity contribution in [2.75, 3.05) is 40.5 Å². The van der Waals surface area contributed by atoms with Gasteiger partial charge in [0.25, 0.3) is 0 Å². The van der Waals surface area contributed by atoms with Crippen LogP contribution in [0.15, 0.2) is 0 Å². The monoisotopic (exact) mass is 230 g/mol. The Hall–Kier alpha value is -0.160. The van der Waals surface area contributed by atoms with E-state index in [1.165, 1.54) is 0 Å². The van der Waals surface area contributed by atoms with E-state index >= 15 is 0 Å². The molecule has 2 N–H and O–H groups in total. The van der Waals surface area contributed by atoms with Crippen LogP contribution in [0.25, 0.3) is 0 Å². The van der Waals surface area contributed by atoms with E-state index in [0.717, 1.165) is 39.0 Å². The van der Waals surface area contributed by atoms with Crippen molar-refractivity contribution in [3.05, 3.63) is 0 Å². The smallest absolute Gasteiger partial charge is 0.0658 e. The summed E-state index contributed by atoms with van der Waals surface area (Å²) in [6.07, 6.45) is 3.66. The van der Waals surface area contributed by atoms with Crippen LogP contribution in [-0.4, -0.2) is 57.0 Å². The fraction of sp³-hybridized carbons (Fsp3) is 1.00. The molecule has 0 amide bonds. The quantitative estimate of drug-likeness (QED) is 0.735. The summed E-state index contributed by atoms with van der Waals surface area (Å²) < 4.78 is 10.7. The molecule has 0 aromatic rings. The zero-order chi connectivity index (χ0) is 12.0. The van der Waals surface area contributed by atoms with Gasteiger partial charge in [-0.25, -0.2) is 0 Å². The standard InChI is InChI=1S/C12H26N2O2/c1-4-12(9-13,10-15-2)14-7-5-11(16-3)6-8-14/h11H,4-10,13H2,1-3H3. The molecule has 0 aromatic carbocycles. The molecule has 0 radical (unpaired) electrons. The summed E-state index contributed by atoms with van der Waals surface area (Å²) in [6, 6.07) is 0. The van der Waals surface area contributed by atoms with Gasteiger partial charge in [-0.3, -0.25) is 4.90 Å². The van der Waals surface area contributed by atoms with E-state index in [2.05, 4.69) is 11.8 Å². The number of hydrogen-bond acceptors (Lipinski definition) is 4. The number of methoxy groups -OCH3 is 2.